The molecule has 0 aliphatic rings. The van der Waals surface area contributed by atoms with Gasteiger partial charge in [-0.25, -0.2) is 39.1 Å². The van der Waals surface area contributed by atoms with Crippen LogP contribution in [0.1, 0.15) is 139 Å². The van der Waals surface area contributed by atoms with Crippen molar-refractivity contribution in [3.05, 3.63) is 337 Å². The fourth-order valence-electron chi connectivity index (χ4n) is 13.5. The number of amides is 8. The van der Waals surface area contributed by atoms with Crippen LogP contribution in [0, 0.1) is 10.1 Å². The highest BCUT2D eigenvalue weighted by Crippen LogP contribution is 2.29. The Labute approximate surface area is 793 Å². The highest BCUT2D eigenvalue weighted by atomic mass is 32.2. The lowest BCUT2D eigenvalue weighted by molar-refractivity contribution is -0.384. The molecule has 0 bridgehead atoms. The van der Waals surface area contributed by atoms with Crippen LogP contribution in [-0.2, 0) is 125 Å². The topological polar surface area (TPSA) is 483 Å². The number of carbonyl (C=O) groups is 8. The van der Waals surface area contributed by atoms with E-state index in [1.807, 2.05) is 224 Å². The largest absolute Gasteiger partial charge is 0.453 e. The molecule has 0 spiro atoms. The van der Waals surface area contributed by atoms with E-state index in [2.05, 4.69) is 62.5 Å². The summed E-state index contributed by atoms with van der Waals surface area (Å²) in [5.74, 6) is -1.38. The van der Waals surface area contributed by atoms with Crippen LogP contribution in [0.15, 0.2) is 240 Å². The molecule has 0 saturated carbocycles. The fraction of sp³-hybridized carbons (Fsp3) is 0.292. The van der Waals surface area contributed by atoms with Crippen LogP contribution in [0.25, 0.3) is 0 Å². The maximum absolute atomic E-state index is 13.3. The molecule has 0 radical (unpaired) electrons. The third-order valence-electron chi connectivity index (χ3n) is 20.6. The standard InChI is InChI=1S/C24H28N4O6S2.C24H26N4O5S.2C24H28N4O3S/c1-3-22-25-21(15-35-22)19(13-17-9-11-18(12-10-17)28-36(31,32)33)26-23(29)20(27-24(30)34-2)14-16-7-5-4-6-8-16;1-3-22-25-21(15-34-22)19(13-17-9-11-18(12-10-17)28(31)32)26-23(29)20(27-24(30)33-2)14-16-7-5-4-6-8-16;2*1-3-22-26-21(15-32-22)19(13-17-9-11-18(25)12-10-17)27-23(29)20(28-24(30)31-2)14-16-7-5-4-6-8-16/h4-12,15,19-20,28H,3,13-14H2,1-2H3,(H,26,29)(H,27,30)(H,31,32,33);4-12,15,19-20H,3,13-14H2,1-2H3,(H,26,29)(H,27,30);2*4-12,15,19-20H,3,13-14,25H2,1-2H3,(H,27,29)(H,28,30)/t4*19-,20-/m0000/s1. The van der Waals surface area contributed by atoms with Gasteiger partial charge in [-0.3, -0.25) is 38.6 Å². The number of nitrogens with zero attached hydrogens (tertiary/aromatic N) is 5. The molecule has 38 heteroatoms. The number of nitro groups is 1. The van der Waals surface area contributed by atoms with Crippen molar-refractivity contribution >= 4 is 126 Å². The summed E-state index contributed by atoms with van der Waals surface area (Å²) in [7, 11) is 0.648. The number of aromatic nitrogens is 4. The monoisotopic (exact) mass is 1920 g/mol. The van der Waals surface area contributed by atoms with Gasteiger partial charge in [-0.2, -0.15) is 8.42 Å². The molecule has 33 nitrogen and oxygen atoms in total. The van der Waals surface area contributed by atoms with Crippen molar-refractivity contribution in [2.24, 2.45) is 0 Å². The number of nitrogens with one attached hydrogen (secondary N) is 9. The molecule has 134 heavy (non-hydrogen) atoms. The van der Waals surface area contributed by atoms with E-state index in [0.29, 0.717) is 61.3 Å². The van der Waals surface area contributed by atoms with E-state index in [-0.39, 0.29) is 54.0 Å². The zero-order valence-corrected chi connectivity index (χ0v) is 79.2. The van der Waals surface area contributed by atoms with E-state index in [4.69, 9.17) is 35.0 Å². The van der Waals surface area contributed by atoms with Crippen molar-refractivity contribution in [3.63, 3.8) is 0 Å². The molecule has 0 saturated heterocycles. The molecule has 4 heterocycles. The minimum atomic E-state index is -4.38. The van der Waals surface area contributed by atoms with Gasteiger partial charge in [0.15, 0.2) is 0 Å². The Morgan fingerprint density at radius 2 is 0.560 bits per heavy atom. The molecule has 0 aliphatic heterocycles. The van der Waals surface area contributed by atoms with E-state index in [1.54, 1.807) is 46.9 Å². The Morgan fingerprint density at radius 1 is 0.343 bits per heavy atom. The third-order valence-corrected chi connectivity index (χ3v) is 25.1. The Bertz CT molecular complexity index is 5680. The van der Waals surface area contributed by atoms with Gasteiger partial charge in [-0.05, 0) is 132 Å². The Balaban J connectivity index is 0.000000201. The van der Waals surface area contributed by atoms with Crippen LogP contribution in [0.2, 0.25) is 0 Å². The minimum Gasteiger partial charge on any atom is -0.453 e. The number of hydrogen-bond acceptors (Lipinski definition) is 26. The van der Waals surface area contributed by atoms with Gasteiger partial charge in [0.2, 0.25) is 23.6 Å². The zero-order valence-electron chi connectivity index (χ0n) is 75.1. The van der Waals surface area contributed by atoms with Crippen LogP contribution in [0.5, 0.6) is 0 Å². The van der Waals surface area contributed by atoms with E-state index in [9.17, 15) is 56.9 Å². The number of benzene rings is 8. The van der Waals surface area contributed by atoms with Crippen molar-refractivity contribution in [1.82, 2.24) is 62.5 Å². The number of nitrogens with two attached hydrogens (primary N) is 2. The molecule has 8 atom stereocenters. The van der Waals surface area contributed by atoms with Crippen LogP contribution in [0.4, 0.5) is 41.9 Å². The average Bonchev–Trinajstić information content (AvgIpc) is 1.64. The Hall–Kier alpha value is -14.1. The van der Waals surface area contributed by atoms with Crippen molar-refractivity contribution in [3.8, 4) is 0 Å². The molecule has 0 unspecified atom stereocenters. The van der Waals surface area contributed by atoms with E-state index >= 15 is 0 Å². The molecular weight excluding hydrogens is 1810 g/mol. The van der Waals surface area contributed by atoms with Gasteiger partial charge in [-0.1, -0.05) is 198 Å². The van der Waals surface area contributed by atoms with Crippen LogP contribution in [-0.4, -0.2) is 138 Å². The SMILES string of the molecule is CCc1nc([C@H](Cc2ccc(N)cc2)NC(=O)[C@H](Cc2ccccc2)NC(=O)OC)cs1.CCc1nc([C@H](Cc2ccc(N)cc2)NC(=O)[C@H](Cc2ccccc2)NC(=O)OC)cs1.CCc1nc([C@H](Cc2ccc(NS(=O)(=O)O)cc2)NC(=O)[C@H](Cc2ccccc2)NC(=O)OC)cs1.CCc1nc([C@H](Cc2ccc([N+](=O)[O-])cc2)NC(=O)[C@H](Cc2ccccc2)NC(=O)OC)cs1. The van der Waals surface area contributed by atoms with Gasteiger partial charge < -0.3 is 72.9 Å². The zero-order chi connectivity index (χ0) is 96.5. The first-order valence-electron chi connectivity index (χ1n) is 42.8. The highest BCUT2D eigenvalue weighted by Gasteiger charge is 2.32. The lowest BCUT2D eigenvalue weighted by Crippen LogP contribution is -2.49. The number of alkyl carbamates (subject to hydrolysis) is 4. The minimum absolute atomic E-state index is 0.00327. The molecule has 12 rings (SSSR count). The molecule has 0 fully saturated rings. The second kappa shape index (κ2) is 53.5. The summed E-state index contributed by atoms with van der Waals surface area (Å²) < 4.78 is 51.9. The van der Waals surface area contributed by atoms with Gasteiger partial charge in [0.05, 0.1) is 106 Å². The molecule has 12 aromatic rings. The lowest BCUT2D eigenvalue weighted by Gasteiger charge is -2.23. The van der Waals surface area contributed by atoms with E-state index in [0.717, 1.165) is 102 Å². The predicted molar refractivity (Wildman–Crippen MR) is 519 cm³/mol. The van der Waals surface area contributed by atoms with Gasteiger partial charge in [-0.15, -0.1) is 45.3 Å². The molecule has 8 aromatic carbocycles. The Kier molecular flexibility index (Phi) is 41.4. The first kappa shape index (κ1) is 104. The molecule has 0 aliphatic carbocycles. The van der Waals surface area contributed by atoms with Crippen molar-refractivity contribution in [2.75, 3.05) is 44.6 Å². The lowest BCUT2D eigenvalue weighted by atomic mass is 10.0. The number of nitro benzene ring substituents is 1. The fourth-order valence-corrected chi connectivity index (χ4v) is 17.1. The molecular formula is C96H110N16O17S5. The van der Waals surface area contributed by atoms with Crippen molar-refractivity contribution < 1.29 is 75.2 Å². The summed E-state index contributed by atoms with van der Waals surface area (Å²) in [6, 6.07) is 60.4. The highest BCUT2D eigenvalue weighted by molar-refractivity contribution is 7.87. The normalized spacial score (nSPS) is 12.6. The number of aryl methyl sites for hydroxylation is 4. The number of rotatable bonds is 39. The number of methoxy groups -OCH3 is 4. The first-order chi connectivity index (χ1) is 64.5. The van der Waals surface area contributed by atoms with Crippen molar-refractivity contribution in [1.29, 1.82) is 0 Å². The molecule has 4 aromatic heterocycles. The summed E-state index contributed by atoms with van der Waals surface area (Å²) in [6.07, 6.45) is 3.52. The number of non-ortho nitro benzene ring substituents is 1. The third kappa shape index (κ3) is 34.9. The first-order valence-corrected chi connectivity index (χ1v) is 47.8. The number of carbonyl (C=O) groups excluding carboxylic acids is 8. The predicted octanol–water partition coefficient (Wildman–Crippen LogP) is 14.6. The van der Waals surface area contributed by atoms with E-state index < -0.39 is 81.8 Å². The van der Waals surface area contributed by atoms with Gasteiger partial charge in [0.1, 0.15) is 24.2 Å². The van der Waals surface area contributed by atoms with Crippen LogP contribution in [0.3, 0.4) is 0 Å². The summed E-state index contributed by atoms with van der Waals surface area (Å²) in [6.45, 7) is 8.09. The summed E-state index contributed by atoms with van der Waals surface area (Å²) in [5.41, 5.74) is 23.4. The summed E-state index contributed by atoms with van der Waals surface area (Å²) >= 11 is 6.14. The van der Waals surface area contributed by atoms with E-state index in [1.165, 1.54) is 75.4 Å². The summed E-state index contributed by atoms with van der Waals surface area (Å²) in [5, 5.41) is 45.3. The van der Waals surface area contributed by atoms with Crippen LogP contribution >= 0.6 is 45.3 Å². The van der Waals surface area contributed by atoms with Gasteiger partial charge in [0.25, 0.3) is 5.69 Å². The average molecular weight is 1920 g/mol. The second-order valence-corrected chi connectivity index (χ2v) is 35.3. The molecule has 8 amide bonds. The van der Waals surface area contributed by atoms with Gasteiger partial charge >= 0.3 is 34.7 Å². The van der Waals surface area contributed by atoms with Gasteiger partial charge in [0, 0.05) is 70.7 Å². The second-order valence-electron chi connectivity index (χ2n) is 30.3. The number of ether oxygens (including phenoxy) is 4. The molecule has 706 valence electrons. The smallest absolute Gasteiger partial charge is 0.407 e. The number of nitrogen functional groups attached to an aromatic ring is 2. The number of hydrogen-bond donors (Lipinski definition) is 12. The van der Waals surface area contributed by atoms with Crippen LogP contribution < -0.4 is 58.7 Å². The van der Waals surface area contributed by atoms with Crippen molar-refractivity contribution in [2.45, 2.75) is 153 Å². The Morgan fingerprint density at radius 3 is 0.761 bits per heavy atom. The maximum Gasteiger partial charge on any atom is 0.407 e. The maximum atomic E-state index is 13.3. The molecule has 14 N–H and O–H groups in total. The number of anilines is 3. The number of thiazole rings is 4. The summed E-state index contributed by atoms with van der Waals surface area (Å²) in [4.78, 5) is 130. The quantitative estimate of drug-likeness (QED) is 0.00560.